The summed E-state index contributed by atoms with van der Waals surface area (Å²) in [5, 5.41) is 11.9. The van der Waals surface area contributed by atoms with Gasteiger partial charge < -0.3 is 15.6 Å². The van der Waals surface area contributed by atoms with Crippen molar-refractivity contribution in [2.45, 2.75) is 56.6 Å². The van der Waals surface area contributed by atoms with E-state index in [1.807, 2.05) is 0 Å². The molecular formula is C20H27N5O2S. The monoisotopic (exact) mass is 401 g/mol. The topological polar surface area (TPSA) is 99.0 Å². The summed E-state index contributed by atoms with van der Waals surface area (Å²) in [6.07, 6.45) is 9.68. The van der Waals surface area contributed by atoms with Gasteiger partial charge in [-0.15, -0.1) is 10.2 Å². The summed E-state index contributed by atoms with van der Waals surface area (Å²) in [5.41, 5.74) is 0.315. The molecule has 0 aliphatic heterocycles. The zero-order valence-corrected chi connectivity index (χ0v) is 17.0. The van der Waals surface area contributed by atoms with E-state index in [1.165, 1.54) is 55.0 Å². The summed E-state index contributed by atoms with van der Waals surface area (Å²) in [6.45, 7) is 2.20. The lowest BCUT2D eigenvalue weighted by atomic mass is 9.48. The third-order valence-corrected chi connectivity index (χ3v) is 8.06. The number of nitrogens with one attached hydrogen (secondary N) is 1. The predicted molar refractivity (Wildman–Crippen MR) is 107 cm³/mol. The fourth-order valence-electron chi connectivity index (χ4n) is 6.22. The molecule has 4 aliphatic rings. The molecule has 4 aliphatic carbocycles. The number of hydrogen-bond acceptors (Lipinski definition) is 6. The Labute approximate surface area is 168 Å². The van der Waals surface area contributed by atoms with Crippen LogP contribution in [0, 0.1) is 23.2 Å². The molecule has 1 amide bonds. The highest BCUT2D eigenvalue weighted by molar-refractivity contribution is 7.99. The number of rotatable bonds is 6. The minimum Gasteiger partial charge on any atom is -0.461 e. The van der Waals surface area contributed by atoms with Crippen LogP contribution in [0.2, 0.25) is 0 Å². The van der Waals surface area contributed by atoms with E-state index in [0.29, 0.717) is 22.2 Å². The smallest absolute Gasteiger partial charge is 0.230 e. The van der Waals surface area contributed by atoms with Crippen LogP contribution in [-0.2, 0) is 4.79 Å². The van der Waals surface area contributed by atoms with Crippen molar-refractivity contribution in [2.24, 2.45) is 23.2 Å². The summed E-state index contributed by atoms with van der Waals surface area (Å²) in [4.78, 5) is 12.6. The molecule has 2 aromatic heterocycles. The van der Waals surface area contributed by atoms with Crippen molar-refractivity contribution >= 4 is 17.7 Å². The lowest BCUT2D eigenvalue weighted by Gasteiger charge is -2.59. The number of nitrogens with two attached hydrogens (primary N) is 1. The number of carbonyl (C=O) groups excluding carboxylic acids is 1. The Morgan fingerprint density at radius 2 is 2.00 bits per heavy atom. The van der Waals surface area contributed by atoms with Gasteiger partial charge in [-0.1, -0.05) is 11.8 Å². The molecule has 1 atom stereocenters. The molecule has 0 saturated heterocycles. The second-order valence-corrected chi connectivity index (χ2v) is 9.95. The molecule has 0 spiro atoms. The van der Waals surface area contributed by atoms with E-state index in [0.717, 1.165) is 17.8 Å². The van der Waals surface area contributed by atoms with Crippen LogP contribution in [0.15, 0.2) is 28.0 Å². The van der Waals surface area contributed by atoms with Crippen LogP contribution < -0.4 is 11.2 Å². The highest BCUT2D eigenvalue weighted by Crippen LogP contribution is 2.61. The first-order valence-electron chi connectivity index (χ1n) is 10.2. The van der Waals surface area contributed by atoms with Crippen molar-refractivity contribution in [3.63, 3.8) is 0 Å². The van der Waals surface area contributed by atoms with Crippen LogP contribution in [0.25, 0.3) is 11.6 Å². The van der Waals surface area contributed by atoms with Crippen molar-refractivity contribution in [2.75, 3.05) is 11.6 Å². The van der Waals surface area contributed by atoms with E-state index in [4.69, 9.17) is 10.3 Å². The number of aromatic nitrogens is 3. The molecule has 7 nitrogen and oxygen atoms in total. The molecular weight excluding hydrogens is 374 g/mol. The molecule has 2 heterocycles. The first-order valence-corrected chi connectivity index (χ1v) is 11.2. The van der Waals surface area contributed by atoms with E-state index in [1.54, 1.807) is 18.4 Å². The Hall–Kier alpha value is -1.96. The fourth-order valence-corrected chi connectivity index (χ4v) is 6.89. The SMILES string of the molecule is C[C@H](NC(=O)CSc1nnc(-c2ccco2)n1N)C12CC3CC(CC(C3)C1)C2. The van der Waals surface area contributed by atoms with Gasteiger partial charge in [0.15, 0.2) is 5.76 Å². The van der Waals surface area contributed by atoms with Gasteiger partial charge in [0.2, 0.25) is 16.9 Å². The highest BCUT2D eigenvalue weighted by atomic mass is 32.2. The van der Waals surface area contributed by atoms with E-state index in [2.05, 4.69) is 22.4 Å². The molecule has 8 heteroatoms. The normalized spacial score (nSPS) is 31.8. The Morgan fingerprint density at radius 3 is 2.61 bits per heavy atom. The molecule has 28 heavy (non-hydrogen) atoms. The van der Waals surface area contributed by atoms with Gasteiger partial charge in [0, 0.05) is 6.04 Å². The molecule has 150 valence electrons. The summed E-state index contributed by atoms with van der Waals surface area (Å²) in [6, 6.07) is 3.78. The third-order valence-electron chi connectivity index (χ3n) is 7.12. The predicted octanol–water partition coefficient (Wildman–Crippen LogP) is 3.07. The van der Waals surface area contributed by atoms with Gasteiger partial charge in [-0.2, -0.15) is 0 Å². The average Bonchev–Trinajstić information content (AvgIpc) is 3.28. The van der Waals surface area contributed by atoms with Crippen LogP contribution >= 0.6 is 11.8 Å². The van der Waals surface area contributed by atoms with Crippen LogP contribution in [0.1, 0.15) is 45.4 Å². The van der Waals surface area contributed by atoms with E-state index >= 15 is 0 Å². The van der Waals surface area contributed by atoms with Crippen molar-refractivity contribution in [1.29, 1.82) is 0 Å². The second-order valence-electron chi connectivity index (χ2n) is 9.01. The van der Waals surface area contributed by atoms with Gasteiger partial charge in [-0.25, -0.2) is 4.68 Å². The van der Waals surface area contributed by atoms with Gasteiger partial charge in [-0.3, -0.25) is 4.79 Å². The molecule has 2 aromatic rings. The number of amides is 1. The third kappa shape index (κ3) is 3.11. The number of nitrogen functional groups attached to an aromatic ring is 1. The maximum absolute atomic E-state index is 12.6. The Balaban J connectivity index is 1.19. The standard InChI is InChI=1S/C20H27N5O2S/c1-12(20-8-13-5-14(9-20)7-15(6-13)10-20)22-17(26)11-28-19-24-23-18(25(19)21)16-3-2-4-27-16/h2-4,12-15H,5-11,21H2,1H3,(H,22,26)/t12-,13?,14?,15?,20?/m0/s1. The Morgan fingerprint density at radius 1 is 1.32 bits per heavy atom. The van der Waals surface area contributed by atoms with Crippen molar-refractivity contribution in [3.05, 3.63) is 18.4 Å². The molecule has 6 rings (SSSR count). The summed E-state index contributed by atoms with van der Waals surface area (Å²) >= 11 is 1.30. The molecule has 0 radical (unpaired) electrons. The molecule has 0 unspecified atom stereocenters. The van der Waals surface area contributed by atoms with E-state index < -0.39 is 0 Å². The molecule has 3 N–H and O–H groups in total. The number of nitrogens with zero attached hydrogens (tertiary/aromatic N) is 3. The lowest BCUT2D eigenvalue weighted by molar-refractivity contribution is -0.123. The molecule has 0 aromatic carbocycles. The Kier molecular flexibility index (Phi) is 4.41. The average molecular weight is 402 g/mol. The van der Waals surface area contributed by atoms with Crippen molar-refractivity contribution in [1.82, 2.24) is 20.2 Å². The highest BCUT2D eigenvalue weighted by Gasteiger charge is 2.53. The van der Waals surface area contributed by atoms with Crippen LogP contribution in [0.4, 0.5) is 0 Å². The van der Waals surface area contributed by atoms with Crippen LogP contribution in [0.5, 0.6) is 0 Å². The maximum atomic E-state index is 12.6. The Bertz CT molecular complexity index is 827. The largest absolute Gasteiger partial charge is 0.461 e. The van der Waals surface area contributed by atoms with Gasteiger partial charge in [0.1, 0.15) is 0 Å². The quantitative estimate of drug-likeness (QED) is 0.570. The van der Waals surface area contributed by atoms with Gasteiger partial charge in [-0.05, 0) is 80.8 Å². The zero-order chi connectivity index (χ0) is 19.3. The lowest BCUT2D eigenvalue weighted by Crippen LogP contribution is -2.56. The second kappa shape index (κ2) is 6.83. The van der Waals surface area contributed by atoms with Gasteiger partial charge in [0.25, 0.3) is 0 Å². The zero-order valence-electron chi connectivity index (χ0n) is 16.1. The first-order chi connectivity index (χ1) is 13.5. The van der Waals surface area contributed by atoms with Crippen LogP contribution in [-0.4, -0.2) is 32.6 Å². The van der Waals surface area contributed by atoms with Gasteiger partial charge in [0.05, 0.1) is 12.0 Å². The number of carbonyl (C=O) groups is 1. The number of furan rings is 1. The molecule has 4 saturated carbocycles. The van der Waals surface area contributed by atoms with E-state index in [-0.39, 0.29) is 17.7 Å². The van der Waals surface area contributed by atoms with Gasteiger partial charge >= 0.3 is 0 Å². The minimum atomic E-state index is 0.0378. The minimum absolute atomic E-state index is 0.0378. The summed E-state index contributed by atoms with van der Waals surface area (Å²) in [7, 11) is 0. The maximum Gasteiger partial charge on any atom is 0.230 e. The first kappa shape index (κ1) is 18.1. The number of thioether (sulfide) groups is 1. The van der Waals surface area contributed by atoms with Crippen LogP contribution in [0.3, 0.4) is 0 Å². The summed E-state index contributed by atoms with van der Waals surface area (Å²) < 4.78 is 6.69. The van der Waals surface area contributed by atoms with Crippen molar-refractivity contribution < 1.29 is 9.21 Å². The molecule has 4 bridgehead atoms. The fraction of sp³-hybridized carbons (Fsp3) is 0.650. The van der Waals surface area contributed by atoms with Crippen molar-refractivity contribution in [3.8, 4) is 11.6 Å². The number of hydrogen-bond donors (Lipinski definition) is 2. The molecule has 4 fully saturated rings. The van der Waals surface area contributed by atoms with E-state index in [9.17, 15) is 4.79 Å². The summed E-state index contributed by atoms with van der Waals surface area (Å²) in [5.74, 6) is 10.0.